The van der Waals surface area contributed by atoms with Gasteiger partial charge < -0.3 is 5.32 Å². The summed E-state index contributed by atoms with van der Waals surface area (Å²) in [7, 11) is 0. The summed E-state index contributed by atoms with van der Waals surface area (Å²) in [6.07, 6.45) is -2.21. The van der Waals surface area contributed by atoms with Gasteiger partial charge in [-0.05, 0) is 11.6 Å². The Kier molecular flexibility index (Phi) is 3.62. The molecule has 0 aromatic carbocycles. The van der Waals surface area contributed by atoms with Crippen LogP contribution in [0.5, 0.6) is 0 Å². The van der Waals surface area contributed by atoms with Crippen molar-refractivity contribution in [3.8, 4) is 0 Å². The fraction of sp³-hybridized carbons (Fsp3) is 0.125. The molecule has 0 saturated carbocycles. The Morgan fingerprint density at radius 1 is 1.26 bits per heavy atom. The van der Waals surface area contributed by atoms with Crippen LogP contribution in [0.2, 0.25) is 5.28 Å². The Hall–Kier alpha value is -1.81. The molecule has 0 atom stereocenters. The predicted molar refractivity (Wildman–Crippen MR) is 59.9 cm³/mol. The Morgan fingerprint density at radius 2 is 1.89 bits per heavy atom. The van der Waals surface area contributed by atoms with Gasteiger partial charge in [-0.1, -0.05) is 11.3 Å². The Labute approximate surface area is 112 Å². The van der Waals surface area contributed by atoms with E-state index in [2.05, 4.69) is 25.5 Å². The summed E-state index contributed by atoms with van der Waals surface area (Å²) in [5, 5.41) is 6.70. The number of anilines is 1. The van der Waals surface area contributed by atoms with Crippen molar-refractivity contribution < 1.29 is 18.0 Å². The van der Waals surface area contributed by atoms with E-state index in [9.17, 15) is 18.0 Å². The number of rotatable bonds is 2. The van der Waals surface area contributed by atoms with E-state index in [1.807, 2.05) is 0 Å². The van der Waals surface area contributed by atoms with Crippen molar-refractivity contribution in [2.24, 2.45) is 0 Å². The number of nitrogens with zero attached hydrogens (tertiary/aromatic N) is 4. The monoisotopic (exact) mass is 309 g/mol. The van der Waals surface area contributed by atoms with Crippen molar-refractivity contribution in [3.63, 3.8) is 0 Å². The van der Waals surface area contributed by atoms with Gasteiger partial charge in [0.25, 0.3) is 5.91 Å². The van der Waals surface area contributed by atoms with Gasteiger partial charge in [-0.25, -0.2) is 9.97 Å². The molecule has 0 aliphatic rings. The third-order valence-corrected chi connectivity index (χ3v) is 2.90. The third kappa shape index (κ3) is 3.35. The lowest BCUT2D eigenvalue weighted by Crippen LogP contribution is -2.12. The smallest absolute Gasteiger partial charge is 0.317 e. The molecule has 1 amide bonds. The number of carbonyl (C=O) groups is 1. The number of carbonyl (C=O) groups excluding carboxylic acids is 1. The average molecular weight is 310 g/mol. The highest BCUT2D eigenvalue weighted by molar-refractivity contribution is 7.13. The molecule has 0 aliphatic heterocycles. The average Bonchev–Trinajstić information content (AvgIpc) is 2.81. The van der Waals surface area contributed by atoms with Gasteiger partial charge in [-0.2, -0.15) is 13.2 Å². The lowest BCUT2D eigenvalue weighted by atomic mass is 10.5. The second-order valence-corrected chi connectivity index (χ2v) is 4.42. The number of halogens is 4. The topological polar surface area (TPSA) is 80.7 Å². The van der Waals surface area contributed by atoms with E-state index in [4.69, 9.17) is 11.6 Å². The highest BCUT2D eigenvalue weighted by atomic mass is 35.5. The predicted octanol–water partition coefficient (Wildman–Crippen LogP) is 2.25. The van der Waals surface area contributed by atoms with Crippen LogP contribution in [0.25, 0.3) is 0 Å². The quantitative estimate of drug-likeness (QED) is 0.861. The van der Waals surface area contributed by atoms with E-state index in [0.717, 1.165) is 0 Å². The zero-order valence-corrected chi connectivity index (χ0v) is 10.3. The Bertz CT molecular complexity index is 599. The molecule has 11 heteroatoms. The summed E-state index contributed by atoms with van der Waals surface area (Å²) in [5.74, 6) is -0.834. The van der Waals surface area contributed by atoms with Crippen molar-refractivity contribution in [1.82, 2.24) is 20.2 Å². The molecule has 0 bridgehead atoms. The largest absolute Gasteiger partial charge is 0.445 e. The van der Waals surface area contributed by atoms with E-state index < -0.39 is 22.1 Å². The van der Waals surface area contributed by atoms with Gasteiger partial charge in [0, 0.05) is 0 Å². The highest BCUT2D eigenvalue weighted by Crippen LogP contribution is 2.31. The number of hydrogen-bond donors (Lipinski definition) is 1. The van der Waals surface area contributed by atoms with Crippen LogP contribution in [0, 0.1) is 0 Å². The van der Waals surface area contributed by atoms with Crippen LogP contribution in [0.15, 0.2) is 12.4 Å². The molecule has 19 heavy (non-hydrogen) atoms. The van der Waals surface area contributed by atoms with E-state index in [1.165, 1.54) is 12.4 Å². The zero-order valence-electron chi connectivity index (χ0n) is 8.77. The van der Waals surface area contributed by atoms with Gasteiger partial charge in [0.2, 0.25) is 15.3 Å². The van der Waals surface area contributed by atoms with E-state index in [0.29, 0.717) is 0 Å². The summed E-state index contributed by atoms with van der Waals surface area (Å²) in [4.78, 5) is 18.8. The van der Waals surface area contributed by atoms with Crippen LogP contribution < -0.4 is 5.32 Å². The van der Waals surface area contributed by atoms with Crippen LogP contribution in [0.1, 0.15) is 14.8 Å². The molecule has 100 valence electrons. The molecular weight excluding hydrogens is 307 g/mol. The van der Waals surface area contributed by atoms with Crippen LogP contribution in [-0.4, -0.2) is 26.1 Å². The van der Waals surface area contributed by atoms with Crippen molar-refractivity contribution >= 4 is 34.5 Å². The first kappa shape index (κ1) is 13.6. The maximum Gasteiger partial charge on any atom is 0.445 e. The standard InChI is InChI=1S/C8H3ClF3N5OS/c9-7-13-1-3(2-14-7)15-4(18)5-16-17-6(19-5)8(10,11)12/h1-2H,(H,15,18). The summed E-state index contributed by atoms with van der Waals surface area (Å²) >= 11 is 5.58. The number of alkyl halides is 3. The molecule has 2 aromatic heterocycles. The molecule has 2 rings (SSSR count). The van der Waals surface area contributed by atoms with Crippen molar-refractivity contribution in [1.29, 1.82) is 0 Å². The minimum Gasteiger partial charge on any atom is -0.317 e. The second kappa shape index (κ2) is 5.05. The Balaban J connectivity index is 2.12. The van der Waals surface area contributed by atoms with E-state index in [1.54, 1.807) is 0 Å². The summed E-state index contributed by atoms with van der Waals surface area (Å²) in [5.41, 5.74) is 0.179. The summed E-state index contributed by atoms with van der Waals surface area (Å²) in [6.45, 7) is 0. The normalized spacial score (nSPS) is 11.4. The summed E-state index contributed by atoms with van der Waals surface area (Å²) < 4.78 is 36.8. The van der Waals surface area contributed by atoms with Crippen LogP contribution in [0.3, 0.4) is 0 Å². The maximum absolute atomic E-state index is 12.3. The highest BCUT2D eigenvalue weighted by Gasteiger charge is 2.36. The van der Waals surface area contributed by atoms with Crippen molar-refractivity contribution in [3.05, 3.63) is 27.7 Å². The molecule has 0 spiro atoms. The van der Waals surface area contributed by atoms with Crippen LogP contribution in [-0.2, 0) is 6.18 Å². The minimum atomic E-state index is -4.63. The molecule has 1 N–H and O–H groups in total. The molecule has 0 fully saturated rings. The number of aromatic nitrogens is 4. The first-order chi connectivity index (χ1) is 8.86. The van der Waals surface area contributed by atoms with Crippen molar-refractivity contribution in [2.45, 2.75) is 6.18 Å². The maximum atomic E-state index is 12.3. The third-order valence-electron chi connectivity index (χ3n) is 1.74. The summed E-state index contributed by atoms with van der Waals surface area (Å²) in [6, 6.07) is 0. The van der Waals surface area contributed by atoms with E-state index >= 15 is 0 Å². The van der Waals surface area contributed by atoms with E-state index in [-0.39, 0.29) is 22.3 Å². The zero-order chi connectivity index (χ0) is 14.0. The molecular formula is C8H3ClF3N5OS. The molecule has 0 unspecified atom stereocenters. The Morgan fingerprint density at radius 3 is 2.42 bits per heavy atom. The van der Waals surface area contributed by atoms with Gasteiger partial charge in [0.05, 0.1) is 18.1 Å². The number of amides is 1. The molecule has 2 heterocycles. The minimum absolute atomic E-state index is 0.0201. The lowest BCUT2D eigenvalue weighted by molar-refractivity contribution is -0.138. The SMILES string of the molecule is O=C(Nc1cnc(Cl)nc1)c1nnc(C(F)(F)F)s1. The van der Waals surface area contributed by atoms with Gasteiger partial charge in [-0.15, -0.1) is 10.2 Å². The molecule has 0 aliphatic carbocycles. The first-order valence-corrected chi connectivity index (χ1v) is 5.75. The van der Waals surface area contributed by atoms with Gasteiger partial charge in [0.15, 0.2) is 0 Å². The van der Waals surface area contributed by atoms with Gasteiger partial charge in [0.1, 0.15) is 0 Å². The molecule has 2 aromatic rings. The van der Waals surface area contributed by atoms with Gasteiger partial charge >= 0.3 is 6.18 Å². The van der Waals surface area contributed by atoms with Crippen LogP contribution >= 0.6 is 22.9 Å². The molecule has 0 saturated heterocycles. The van der Waals surface area contributed by atoms with Gasteiger partial charge in [-0.3, -0.25) is 4.79 Å². The number of nitrogens with one attached hydrogen (secondary N) is 1. The molecule has 6 nitrogen and oxygen atoms in total. The first-order valence-electron chi connectivity index (χ1n) is 4.56. The lowest BCUT2D eigenvalue weighted by Gasteiger charge is -2.00. The second-order valence-electron chi connectivity index (χ2n) is 3.11. The van der Waals surface area contributed by atoms with Crippen molar-refractivity contribution in [2.75, 3.05) is 5.32 Å². The fourth-order valence-corrected chi connectivity index (χ4v) is 1.69. The van der Waals surface area contributed by atoms with Crippen LogP contribution in [0.4, 0.5) is 18.9 Å². The number of hydrogen-bond acceptors (Lipinski definition) is 6. The fourth-order valence-electron chi connectivity index (χ4n) is 0.991. The molecule has 0 radical (unpaired) electrons.